The number of rotatable bonds is 9. The molecule has 0 aliphatic heterocycles. The van der Waals surface area contributed by atoms with Crippen LogP contribution in [0.15, 0.2) is 0 Å². The molecule has 1 atom stereocenters. The van der Waals surface area contributed by atoms with E-state index in [1.54, 1.807) is 0 Å². The van der Waals surface area contributed by atoms with Crippen LogP contribution in [0.2, 0.25) is 0 Å². The van der Waals surface area contributed by atoms with Gasteiger partial charge in [0.15, 0.2) is 5.05 Å². The molecule has 0 aromatic rings. The van der Waals surface area contributed by atoms with Gasteiger partial charge in [-0.15, -0.1) is 0 Å². The molecular formula is C13H26OS. The van der Waals surface area contributed by atoms with Gasteiger partial charge in [-0.1, -0.05) is 39.5 Å². The summed E-state index contributed by atoms with van der Waals surface area (Å²) in [5.41, 5.74) is 0. The van der Waals surface area contributed by atoms with E-state index >= 15 is 0 Å². The number of hydrogen-bond donors (Lipinski definition) is 0. The first-order valence-corrected chi connectivity index (χ1v) is 6.81. The SMILES string of the molecule is CCCCCC(=S)OC(C)CCCCC. The summed E-state index contributed by atoms with van der Waals surface area (Å²) in [5.74, 6) is 0. The number of hydrogen-bond acceptors (Lipinski definition) is 2. The molecule has 0 heterocycles. The first kappa shape index (κ1) is 14.9. The monoisotopic (exact) mass is 230 g/mol. The third-order valence-electron chi connectivity index (χ3n) is 2.53. The van der Waals surface area contributed by atoms with Crippen LogP contribution < -0.4 is 0 Å². The first-order valence-electron chi connectivity index (χ1n) is 6.40. The molecule has 1 unspecified atom stereocenters. The molecule has 1 nitrogen and oxygen atoms in total. The van der Waals surface area contributed by atoms with Gasteiger partial charge in [0.2, 0.25) is 0 Å². The molecular weight excluding hydrogens is 204 g/mol. The summed E-state index contributed by atoms with van der Waals surface area (Å²) in [6.45, 7) is 6.56. The molecule has 0 aliphatic carbocycles. The van der Waals surface area contributed by atoms with E-state index < -0.39 is 0 Å². The lowest BCUT2D eigenvalue weighted by atomic mass is 10.1. The molecule has 0 spiro atoms. The Morgan fingerprint density at radius 2 is 1.67 bits per heavy atom. The van der Waals surface area contributed by atoms with Crippen LogP contribution in [0.1, 0.15) is 72.1 Å². The van der Waals surface area contributed by atoms with Crippen LogP contribution >= 0.6 is 12.2 Å². The van der Waals surface area contributed by atoms with Gasteiger partial charge in [0, 0.05) is 6.42 Å². The molecule has 15 heavy (non-hydrogen) atoms. The van der Waals surface area contributed by atoms with Crippen LogP contribution in [0.4, 0.5) is 0 Å². The average Bonchev–Trinajstić information content (AvgIpc) is 2.18. The zero-order valence-electron chi connectivity index (χ0n) is 10.6. The van der Waals surface area contributed by atoms with Crippen molar-refractivity contribution in [2.24, 2.45) is 0 Å². The zero-order chi connectivity index (χ0) is 11.5. The van der Waals surface area contributed by atoms with Crippen LogP contribution in [0, 0.1) is 0 Å². The molecule has 0 rings (SSSR count). The highest BCUT2D eigenvalue weighted by molar-refractivity contribution is 7.80. The van der Waals surface area contributed by atoms with Crippen LogP contribution in [0.25, 0.3) is 0 Å². The fourth-order valence-corrected chi connectivity index (χ4v) is 1.85. The molecule has 0 aromatic carbocycles. The second-order valence-corrected chi connectivity index (χ2v) is 4.71. The standard InChI is InChI=1S/C13H26OS/c1-4-6-8-10-12(3)14-13(15)11-9-7-5-2/h12H,4-11H2,1-3H3. The van der Waals surface area contributed by atoms with E-state index in [4.69, 9.17) is 17.0 Å². The molecule has 90 valence electrons. The van der Waals surface area contributed by atoms with Crippen molar-refractivity contribution < 1.29 is 4.74 Å². The molecule has 0 aromatic heterocycles. The van der Waals surface area contributed by atoms with Gasteiger partial charge in [-0.3, -0.25) is 0 Å². The second-order valence-electron chi connectivity index (χ2n) is 4.25. The molecule has 2 heteroatoms. The summed E-state index contributed by atoms with van der Waals surface area (Å²) < 4.78 is 5.67. The van der Waals surface area contributed by atoms with Gasteiger partial charge < -0.3 is 4.74 Å². The van der Waals surface area contributed by atoms with E-state index in [0.717, 1.165) is 17.9 Å². The van der Waals surface area contributed by atoms with Crippen molar-refractivity contribution in [3.63, 3.8) is 0 Å². The van der Waals surface area contributed by atoms with E-state index in [2.05, 4.69) is 20.8 Å². The van der Waals surface area contributed by atoms with Gasteiger partial charge in [0.1, 0.15) is 0 Å². The predicted molar refractivity (Wildman–Crippen MR) is 71.4 cm³/mol. The normalized spacial score (nSPS) is 12.5. The summed E-state index contributed by atoms with van der Waals surface area (Å²) in [7, 11) is 0. The Balaban J connectivity index is 3.40. The summed E-state index contributed by atoms with van der Waals surface area (Å²) >= 11 is 5.20. The van der Waals surface area contributed by atoms with Gasteiger partial charge in [-0.25, -0.2) is 0 Å². The third-order valence-corrected chi connectivity index (χ3v) is 2.83. The number of ether oxygens (including phenoxy) is 1. The van der Waals surface area contributed by atoms with Crippen molar-refractivity contribution >= 4 is 17.3 Å². The van der Waals surface area contributed by atoms with E-state index in [9.17, 15) is 0 Å². The van der Waals surface area contributed by atoms with Crippen LogP contribution in [0.3, 0.4) is 0 Å². The molecule has 0 bridgehead atoms. The molecule has 0 saturated heterocycles. The minimum absolute atomic E-state index is 0.311. The zero-order valence-corrected chi connectivity index (χ0v) is 11.4. The van der Waals surface area contributed by atoms with Gasteiger partial charge in [0.25, 0.3) is 0 Å². The third kappa shape index (κ3) is 10.2. The van der Waals surface area contributed by atoms with Crippen molar-refractivity contribution in [3.8, 4) is 0 Å². The Hall–Kier alpha value is -0.110. The van der Waals surface area contributed by atoms with E-state index in [1.807, 2.05) is 0 Å². The Morgan fingerprint density at radius 1 is 1.07 bits per heavy atom. The summed E-state index contributed by atoms with van der Waals surface area (Å²) in [5, 5.41) is 0.812. The Kier molecular flexibility index (Phi) is 10.3. The Bertz CT molecular complexity index is 157. The fourth-order valence-electron chi connectivity index (χ4n) is 1.54. The maximum absolute atomic E-state index is 5.67. The molecule has 0 saturated carbocycles. The van der Waals surface area contributed by atoms with Crippen molar-refractivity contribution in [1.82, 2.24) is 0 Å². The van der Waals surface area contributed by atoms with Crippen molar-refractivity contribution in [2.45, 2.75) is 78.2 Å². The molecule has 0 fully saturated rings. The van der Waals surface area contributed by atoms with Crippen LogP contribution in [-0.4, -0.2) is 11.2 Å². The number of thiocarbonyl (C=S) groups is 1. The van der Waals surface area contributed by atoms with Gasteiger partial charge in [-0.05, 0) is 38.4 Å². The molecule has 0 N–H and O–H groups in total. The molecule has 0 radical (unpaired) electrons. The van der Waals surface area contributed by atoms with Crippen LogP contribution in [-0.2, 0) is 4.74 Å². The largest absolute Gasteiger partial charge is 0.484 e. The van der Waals surface area contributed by atoms with Crippen molar-refractivity contribution in [2.75, 3.05) is 0 Å². The van der Waals surface area contributed by atoms with E-state index in [-0.39, 0.29) is 0 Å². The quantitative estimate of drug-likeness (QED) is 0.412. The van der Waals surface area contributed by atoms with Gasteiger partial charge in [-0.2, -0.15) is 0 Å². The average molecular weight is 230 g/mol. The van der Waals surface area contributed by atoms with Crippen molar-refractivity contribution in [3.05, 3.63) is 0 Å². The maximum atomic E-state index is 5.67. The Morgan fingerprint density at radius 3 is 2.27 bits per heavy atom. The Labute approximate surface area is 101 Å². The minimum atomic E-state index is 0.311. The molecule has 0 amide bonds. The lowest BCUT2D eigenvalue weighted by molar-refractivity contribution is 0.193. The van der Waals surface area contributed by atoms with Gasteiger partial charge in [0.05, 0.1) is 6.10 Å². The summed E-state index contributed by atoms with van der Waals surface area (Å²) in [4.78, 5) is 0. The summed E-state index contributed by atoms with van der Waals surface area (Å²) in [6.07, 6.45) is 9.92. The highest BCUT2D eigenvalue weighted by Gasteiger charge is 2.05. The second kappa shape index (κ2) is 10.4. The lowest BCUT2D eigenvalue weighted by Crippen LogP contribution is -2.13. The first-order chi connectivity index (χ1) is 7.20. The van der Waals surface area contributed by atoms with Gasteiger partial charge >= 0.3 is 0 Å². The van der Waals surface area contributed by atoms with E-state index in [1.165, 1.54) is 38.5 Å². The predicted octanol–water partition coefficient (Wildman–Crippen LogP) is 4.88. The smallest absolute Gasteiger partial charge is 0.160 e. The lowest BCUT2D eigenvalue weighted by Gasteiger charge is -2.14. The topological polar surface area (TPSA) is 9.23 Å². The minimum Gasteiger partial charge on any atom is -0.484 e. The number of unbranched alkanes of at least 4 members (excludes halogenated alkanes) is 4. The molecule has 0 aliphatic rings. The fraction of sp³-hybridized carbons (Fsp3) is 0.923. The van der Waals surface area contributed by atoms with Crippen molar-refractivity contribution in [1.29, 1.82) is 0 Å². The van der Waals surface area contributed by atoms with E-state index in [0.29, 0.717) is 6.10 Å². The maximum Gasteiger partial charge on any atom is 0.160 e. The highest BCUT2D eigenvalue weighted by atomic mass is 32.1. The summed E-state index contributed by atoms with van der Waals surface area (Å²) in [6, 6.07) is 0. The highest BCUT2D eigenvalue weighted by Crippen LogP contribution is 2.09. The van der Waals surface area contributed by atoms with Crippen LogP contribution in [0.5, 0.6) is 0 Å².